The molecule has 0 unspecified atom stereocenters. The van der Waals surface area contributed by atoms with Crippen molar-refractivity contribution in [2.24, 2.45) is 0 Å². The van der Waals surface area contributed by atoms with Gasteiger partial charge in [0.2, 0.25) is 15.8 Å². The van der Waals surface area contributed by atoms with E-state index in [4.69, 9.17) is 16.3 Å². The molecule has 0 saturated carbocycles. The summed E-state index contributed by atoms with van der Waals surface area (Å²) in [5, 5.41) is 10.9. The average Bonchev–Trinajstić information content (AvgIpc) is 3.14. The van der Waals surface area contributed by atoms with E-state index >= 15 is 0 Å². The summed E-state index contributed by atoms with van der Waals surface area (Å²) in [5.74, 6) is -1.54. The van der Waals surface area contributed by atoms with Crippen molar-refractivity contribution in [1.29, 1.82) is 0 Å². The number of hydrogen-bond donors (Lipinski definition) is 3. The summed E-state index contributed by atoms with van der Waals surface area (Å²) in [7, 11) is -4.14. The number of ether oxygens (including phenoxy) is 1. The molecule has 0 spiro atoms. The minimum atomic E-state index is -4.14. The van der Waals surface area contributed by atoms with Crippen molar-refractivity contribution in [3.8, 4) is 0 Å². The lowest BCUT2D eigenvalue weighted by Crippen LogP contribution is -2.48. The van der Waals surface area contributed by atoms with Crippen molar-refractivity contribution < 1.29 is 27.9 Å². The SMILES string of the molecule is C[C@@H](O)[C@H](NS(=O)(=O)c1ccc(Cl)cc1)C(=O)OCC(=O)c1c[nH]c2ccccc12. The number of H-pyrrole nitrogens is 1. The average molecular weight is 451 g/mol. The van der Waals surface area contributed by atoms with Crippen molar-refractivity contribution in [3.05, 3.63) is 65.3 Å². The van der Waals surface area contributed by atoms with Gasteiger partial charge in [0.1, 0.15) is 6.04 Å². The van der Waals surface area contributed by atoms with E-state index in [1.807, 2.05) is 6.07 Å². The number of aromatic amines is 1. The first kappa shape index (κ1) is 22.0. The van der Waals surface area contributed by atoms with Crippen molar-refractivity contribution in [2.75, 3.05) is 6.61 Å². The lowest BCUT2D eigenvalue weighted by Gasteiger charge is -2.20. The number of nitrogens with one attached hydrogen (secondary N) is 2. The third-order valence-corrected chi connectivity index (χ3v) is 6.09. The van der Waals surface area contributed by atoms with E-state index in [0.717, 1.165) is 5.52 Å². The number of carbonyl (C=O) groups is 2. The van der Waals surface area contributed by atoms with Gasteiger partial charge in [0.15, 0.2) is 6.61 Å². The second-order valence-corrected chi connectivity index (χ2v) is 8.72. The van der Waals surface area contributed by atoms with Crippen LogP contribution in [0.4, 0.5) is 0 Å². The van der Waals surface area contributed by atoms with Gasteiger partial charge >= 0.3 is 5.97 Å². The summed E-state index contributed by atoms with van der Waals surface area (Å²) >= 11 is 5.75. The van der Waals surface area contributed by atoms with E-state index in [1.54, 1.807) is 18.2 Å². The third-order valence-electron chi connectivity index (χ3n) is 4.38. The number of aromatic nitrogens is 1. The van der Waals surface area contributed by atoms with Crippen LogP contribution >= 0.6 is 11.6 Å². The lowest BCUT2D eigenvalue weighted by molar-refractivity contribution is -0.147. The number of Topliss-reactive ketones (excluding diaryl/α,β-unsaturated/α-hetero) is 1. The van der Waals surface area contributed by atoms with Crippen molar-refractivity contribution in [3.63, 3.8) is 0 Å². The van der Waals surface area contributed by atoms with Crippen LogP contribution in [0, 0.1) is 0 Å². The van der Waals surface area contributed by atoms with Gasteiger partial charge in [-0.15, -0.1) is 0 Å². The largest absolute Gasteiger partial charge is 0.456 e. The maximum atomic E-state index is 12.5. The van der Waals surface area contributed by atoms with Gasteiger partial charge < -0.3 is 14.8 Å². The minimum Gasteiger partial charge on any atom is -0.456 e. The van der Waals surface area contributed by atoms with Crippen molar-refractivity contribution in [1.82, 2.24) is 9.71 Å². The second kappa shape index (κ2) is 8.97. The second-order valence-electron chi connectivity index (χ2n) is 6.57. The van der Waals surface area contributed by atoms with Crippen LogP contribution in [0.2, 0.25) is 5.02 Å². The highest BCUT2D eigenvalue weighted by atomic mass is 35.5. The fourth-order valence-electron chi connectivity index (χ4n) is 2.80. The van der Waals surface area contributed by atoms with Gasteiger partial charge in [-0.25, -0.2) is 8.42 Å². The number of ketones is 1. The molecule has 30 heavy (non-hydrogen) atoms. The molecule has 3 rings (SSSR count). The molecule has 1 heterocycles. The maximum absolute atomic E-state index is 12.5. The summed E-state index contributed by atoms with van der Waals surface area (Å²) in [6.45, 7) is 0.629. The highest BCUT2D eigenvalue weighted by Gasteiger charge is 2.31. The molecule has 0 amide bonds. The van der Waals surface area contributed by atoms with Gasteiger partial charge in [0.25, 0.3) is 0 Å². The molecule has 10 heteroatoms. The first-order chi connectivity index (χ1) is 14.2. The molecule has 0 aliphatic rings. The van der Waals surface area contributed by atoms with Crippen LogP contribution < -0.4 is 4.72 Å². The normalized spacial score (nSPS) is 13.7. The molecule has 3 aromatic rings. The van der Waals surface area contributed by atoms with E-state index in [1.165, 1.54) is 37.4 Å². The number of aliphatic hydroxyl groups excluding tert-OH is 1. The van der Waals surface area contributed by atoms with E-state index in [-0.39, 0.29) is 4.90 Å². The van der Waals surface area contributed by atoms with Gasteiger partial charge in [0, 0.05) is 27.7 Å². The van der Waals surface area contributed by atoms with Gasteiger partial charge in [-0.1, -0.05) is 29.8 Å². The van der Waals surface area contributed by atoms with Crippen LogP contribution in [0.15, 0.2) is 59.6 Å². The lowest BCUT2D eigenvalue weighted by atomic mass is 10.1. The molecular formula is C20H19ClN2O6S. The molecule has 8 nitrogen and oxygen atoms in total. The smallest absolute Gasteiger partial charge is 0.327 e. The Labute approximate surface area is 177 Å². The Morgan fingerprint density at radius 1 is 1.17 bits per heavy atom. The van der Waals surface area contributed by atoms with Gasteiger partial charge in [-0.05, 0) is 37.3 Å². The summed E-state index contributed by atoms with van der Waals surface area (Å²) in [6.07, 6.45) is 0.110. The first-order valence-corrected chi connectivity index (χ1v) is 10.8. The van der Waals surface area contributed by atoms with Crippen LogP contribution in [-0.2, 0) is 19.6 Å². The molecule has 0 bridgehead atoms. The van der Waals surface area contributed by atoms with Crippen molar-refractivity contribution in [2.45, 2.75) is 24.0 Å². The monoisotopic (exact) mass is 450 g/mol. The number of benzene rings is 2. The zero-order valence-corrected chi connectivity index (χ0v) is 17.4. The number of fused-ring (bicyclic) bond motifs is 1. The van der Waals surface area contributed by atoms with Crippen LogP contribution in [0.25, 0.3) is 10.9 Å². The Balaban J connectivity index is 1.69. The molecule has 0 fully saturated rings. The van der Waals surface area contributed by atoms with Crippen LogP contribution in [0.3, 0.4) is 0 Å². The Morgan fingerprint density at radius 3 is 2.50 bits per heavy atom. The van der Waals surface area contributed by atoms with Crippen LogP contribution in [0.1, 0.15) is 17.3 Å². The van der Waals surface area contributed by atoms with E-state index in [0.29, 0.717) is 16.0 Å². The number of esters is 1. The third kappa shape index (κ3) is 4.88. The molecule has 2 aromatic carbocycles. The Morgan fingerprint density at radius 2 is 1.83 bits per heavy atom. The highest BCUT2D eigenvalue weighted by Crippen LogP contribution is 2.19. The van der Waals surface area contributed by atoms with Crippen LogP contribution in [0.5, 0.6) is 0 Å². The molecule has 0 radical (unpaired) electrons. The zero-order valence-electron chi connectivity index (χ0n) is 15.8. The standard InChI is InChI=1S/C20H19ClN2O6S/c1-12(24)19(23-30(27,28)14-8-6-13(21)7-9-14)20(26)29-11-18(25)16-10-22-17-5-3-2-4-15(16)17/h2-10,12,19,22-24H,11H2,1H3/t12-,19+/m1/s1. The van der Waals surface area contributed by atoms with E-state index in [9.17, 15) is 23.1 Å². The number of aliphatic hydroxyl groups is 1. The molecule has 2 atom stereocenters. The van der Waals surface area contributed by atoms with Gasteiger partial charge in [0.05, 0.1) is 11.0 Å². The molecule has 3 N–H and O–H groups in total. The summed E-state index contributed by atoms with van der Waals surface area (Å²) in [6, 6.07) is 10.8. The topological polar surface area (TPSA) is 126 Å². The molecule has 158 valence electrons. The van der Waals surface area contributed by atoms with Crippen molar-refractivity contribution >= 4 is 44.3 Å². The quantitative estimate of drug-likeness (QED) is 0.357. The van der Waals surface area contributed by atoms with E-state index < -0.39 is 40.5 Å². The Hall–Kier alpha value is -2.72. The van der Waals surface area contributed by atoms with E-state index in [2.05, 4.69) is 9.71 Å². The number of rotatable bonds is 8. The van der Waals surface area contributed by atoms with Gasteiger partial charge in [-0.3, -0.25) is 9.59 Å². The number of carbonyl (C=O) groups excluding carboxylic acids is 2. The predicted molar refractivity (Wildman–Crippen MR) is 111 cm³/mol. The van der Waals surface area contributed by atoms with Crippen LogP contribution in [-0.4, -0.2) is 49.0 Å². The number of sulfonamides is 1. The van der Waals surface area contributed by atoms with Gasteiger partial charge in [-0.2, -0.15) is 4.72 Å². The fraction of sp³-hybridized carbons (Fsp3) is 0.200. The minimum absolute atomic E-state index is 0.139. The zero-order chi connectivity index (χ0) is 21.9. The first-order valence-electron chi connectivity index (χ1n) is 8.91. The molecule has 0 saturated heterocycles. The molecule has 0 aliphatic heterocycles. The summed E-state index contributed by atoms with van der Waals surface area (Å²) < 4.78 is 32.1. The summed E-state index contributed by atoms with van der Waals surface area (Å²) in [4.78, 5) is 27.6. The highest BCUT2D eigenvalue weighted by molar-refractivity contribution is 7.89. The summed E-state index contributed by atoms with van der Waals surface area (Å²) in [5.41, 5.74) is 1.10. The Bertz CT molecular complexity index is 1170. The maximum Gasteiger partial charge on any atom is 0.327 e. The molecular weight excluding hydrogens is 432 g/mol. The fourth-order valence-corrected chi connectivity index (χ4v) is 4.18. The number of hydrogen-bond acceptors (Lipinski definition) is 6. The molecule has 1 aromatic heterocycles. The predicted octanol–water partition coefficient (Wildman–Crippen LogP) is 2.28. The number of para-hydroxylation sites is 1. The Kier molecular flexibility index (Phi) is 6.57. The number of halogens is 1. The molecule has 0 aliphatic carbocycles.